The molecule has 8 atom stereocenters. The Hall–Kier alpha value is -5.16. The fourth-order valence-corrected chi connectivity index (χ4v) is 5.06. The van der Waals surface area contributed by atoms with Crippen molar-refractivity contribution in [1.82, 2.24) is 0 Å². The molecule has 1 fully saturated rings. The lowest BCUT2D eigenvalue weighted by atomic mass is 9.83. The van der Waals surface area contributed by atoms with Crippen molar-refractivity contribution >= 4 is 23.7 Å². The molecule has 258 valence electrons. The number of phenolic OH excluding ortho intramolecular Hbond substituents is 1. The zero-order valence-corrected chi connectivity index (χ0v) is 25.5. The van der Waals surface area contributed by atoms with Crippen molar-refractivity contribution in [2.75, 3.05) is 6.61 Å². The standard InChI is InChI=1S/C34H32O15/c35-21-11-13-23(20(15-21)16-46-33(43)34(44)25(37)14-12-22(36)29(34)40)47-32-28(49-31(42)19-9-5-2-6-10-19)27(39)26(38)24(48-32)17-45-30(41)18-7-3-1-4-8-18/h1-15,24-29,32,35,37-40,44H,16-17H2/t24-,25?,26-,27+,28-,29?,32-,34?/m1/s1. The Bertz CT molecular complexity index is 1690. The van der Waals surface area contributed by atoms with Gasteiger partial charge in [0.1, 0.15) is 49.1 Å². The number of aliphatic hydroxyl groups is 5. The van der Waals surface area contributed by atoms with Crippen molar-refractivity contribution in [3.05, 3.63) is 108 Å². The van der Waals surface area contributed by atoms with Crippen LogP contribution in [0.5, 0.6) is 11.5 Å². The molecule has 0 saturated carbocycles. The van der Waals surface area contributed by atoms with Crippen molar-refractivity contribution in [3.8, 4) is 11.5 Å². The second-order valence-corrected chi connectivity index (χ2v) is 11.1. The van der Waals surface area contributed by atoms with E-state index in [2.05, 4.69) is 0 Å². The molecule has 0 spiro atoms. The van der Waals surface area contributed by atoms with E-state index in [1.165, 1.54) is 36.4 Å². The molecule has 0 amide bonds. The highest BCUT2D eigenvalue weighted by Gasteiger charge is 2.55. The zero-order chi connectivity index (χ0) is 35.3. The van der Waals surface area contributed by atoms with Crippen LogP contribution >= 0.6 is 0 Å². The van der Waals surface area contributed by atoms with Crippen LogP contribution in [0.3, 0.4) is 0 Å². The quantitative estimate of drug-likeness (QED) is 0.122. The van der Waals surface area contributed by atoms with Crippen LogP contribution in [-0.4, -0.2) is 109 Å². The number of carbonyl (C=O) groups is 4. The third-order valence-corrected chi connectivity index (χ3v) is 7.84. The summed E-state index contributed by atoms with van der Waals surface area (Å²) in [7, 11) is 0. The Labute approximate surface area is 278 Å². The molecule has 1 aliphatic carbocycles. The van der Waals surface area contributed by atoms with Crippen LogP contribution in [0.4, 0.5) is 0 Å². The van der Waals surface area contributed by atoms with Crippen LogP contribution in [0.2, 0.25) is 0 Å². The van der Waals surface area contributed by atoms with Crippen LogP contribution in [0.25, 0.3) is 0 Å². The summed E-state index contributed by atoms with van der Waals surface area (Å²) < 4.78 is 27.7. The number of hydrogen-bond donors (Lipinski definition) is 6. The molecule has 5 rings (SSSR count). The van der Waals surface area contributed by atoms with Crippen molar-refractivity contribution in [1.29, 1.82) is 0 Å². The number of ketones is 1. The molecule has 49 heavy (non-hydrogen) atoms. The predicted octanol–water partition coefficient (Wildman–Crippen LogP) is -0.0647. The van der Waals surface area contributed by atoms with E-state index in [9.17, 15) is 49.8 Å². The van der Waals surface area contributed by atoms with E-state index in [-0.39, 0.29) is 28.2 Å². The molecule has 1 aliphatic heterocycles. The summed E-state index contributed by atoms with van der Waals surface area (Å²) in [5.41, 5.74) is -2.84. The fourth-order valence-electron chi connectivity index (χ4n) is 5.06. The van der Waals surface area contributed by atoms with Gasteiger partial charge in [0.25, 0.3) is 0 Å². The van der Waals surface area contributed by atoms with Crippen molar-refractivity contribution in [3.63, 3.8) is 0 Å². The van der Waals surface area contributed by atoms with Gasteiger partial charge in [-0.1, -0.05) is 36.4 Å². The first kappa shape index (κ1) is 35.2. The lowest BCUT2D eigenvalue weighted by Crippen LogP contribution is -2.62. The molecule has 0 bridgehead atoms. The maximum atomic E-state index is 13.0. The summed E-state index contributed by atoms with van der Waals surface area (Å²) >= 11 is 0. The van der Waals surface area contributed by atoms with Gasteiger partial charge in [0, 0.05) is 5.56 Å². The highest BCUT2D eigenvalue weighted by molar-refractivity contribution is 6.01. The number of aliphatic hydroxyl groups excluding tert-OH is 4. The highest BCUT2D eigenvalue weighted by Crippen LogP contribution is 2.32. The summed E-state index contributed by atoms with van der Waals surface area (Å²) in [6.45, 7) is -1.34. The topological polar surface area (TPSA) is 236 Å². The molecular weight excluding hydrogens is 648 g/mol. The van der Waals surface area contributed by atoms with Gasteiger partial charge in [0.05, 0.1) is 11.1 Å². The number of carbonyl (C=O) groups excluding carboxylic acids is 4. The first-order chi connectivity index (χ1) is 23.4. The summed E-state index contributed by atoms with van der Waals surface area (Å²) in [5.74, 6) is -4.83. The van der Waals surface area contributed by atoms with E-state index >= 15 is 0 Å². The van der Waals surface area contributed by atoms with Crippen LogP contribution < -0.4 is 4.74 Å². The average Bonchev–Trinajstić information content (AvgIpc) is 3.11. The van der Waals surface area contributed by atoms with Gasteiger partial charge in [0.15, 0.2) is 18.0 Å². The second-order valence-electron chi connectivity index (χ2n) is 11.1. The van der Waals surface area contributed by atoms with E-state index in [4.69, 9.17) is 23.7 Å². The highest BCUT2D eigenvalue weighted by atomic mass is 16.7. The largest absolute Gasteiger partial charge is 0.508 e. The number of aromatic hydroxyl groups is 1. The number of phenols is 1. The molecule has 3 aromatic carbocycles. The first-order valence-electron chi connectivity index (χ1n) is 14.9. The molecule has 1 heterocycles. The third-order valence-electron chi connectivity index (χ3n) is 7.84. The molecular formula is C34H32O15. The van der Waals surface area contributed by atoms with Gasteiger partial charge in [-0.15, -0.1) is 0 Å². The predicted molar refractivity (Wildman–Crippen MR) is 163 cm³/mol. The Balaban J connectivity index is 1.38. The minimum atomic E-state index is -3.04. The zero-order valence-electron chi connectivity index (χ0n) is 25.5. The van der Waals surface area contributed by atoms with E-state index in [1.807, 2.05) is 0 Å². The van der Waals surface area contributed by atoms with Crippen molar-refractivity contribution in [2.24, 2.45) is 0 Å². The van der Waals surface area contributed by atoms with Crippen LogP contribution in [0, 0.1) is 0 Å². The minimum Gasteiger partial charge on any atom is -0.508 e. The van der Waals surface area contributed by atoms with Gasteiger partial charge in [-0.05, 0) is 54.6 Å². The van der Waals surface area contributed by atoms with Gasteiger partial charge in [-0.2, -0.15) is 0 Å². The van der Waals surface area contributed by atoms with Crippen LogP contribution in [0.15, 0.2) is 91.0 Å². The smallest absolute Gasteiger partial charge is 0.344 e. The Morgan fingerprint density at radius 3 is 2.10 bits per heavy atom. The summed E-state index contributed by atoms with van der Waals surface area (Å²) in [5, 5.41) is 63.2. The van der Waals surface area contributed by atoms with Gasteiger partial charge in [0.2, 0.25) is 11.9 Å². The monoisotopic (exact) mass is 680 g/mol. The first-order valence-corrected chi connectivity index (χ1v) is 14.9. The molecule has 0 radical (unpaired) electrons. The molecule has 2 aliphatic rings. The number of ether oxygens (including phenoxy) is 5. The summed E-state index contributed by atoms with van der Waals surface area (Å²) in [4.78, 5) is 50.3. The van der Waals surface area contributed by atoms with Gasteiger partial charge in [-0.25, -0.2) is 14.4 Å². The van der Waals surface area contributed by atoms with Crippen molar-refractivity contribution < 1.29 is 73.5 Å². The summed E-state index contributed by atoms with van der Waals surface area (Å²) in [6.07, 6.45) is -11.1. The van der Waals surface area contributed by atoms with E-state index in [0.717, 1.165) is 18.2 Å². The molecule has 0 aromatic heterocycles. The van der Waals surface area contributed by atoms with E-state index < -0.39 is 85.4 Å². The molecule has 3 unspecified atom stereocenters. The molecule has 15 heteroatoms. The molecule has 3 aromatic rings. The fraction of sp³-hybridized carbons (Fsp3) is 0.294. The Kier molecular flexibility index (Phi) is 10.7. The normalized spacial score (nSPS) is 27.9. The average molecular weight is 681 g/mol. The maximum Gasteiger partial charge on any atom is 0.344 e. The van der Waals surface area contributed by atoms with Crippen LogP contribution in [0.1, 0.15) is 26.3 Å². The van der Waals surface area contributed by atoms with E-state index in [1.54, 1.807) is 36.4 Å². The van der Waals surface area contributed by atoms with Crippen molar-refractivity contribution in [2.45, 2.75) is 55.1 Å². The number of esters is 3. The lowest BCUT2D eigenvalue weighted by molar-refractivity contribution is -0.276. The third kappa shape index (κ3) is 7.62. The van der Waals surface area contributed by atoms with Gasteiger partial charge < -0.3 is 54.3 Å². The number of hydrogen-bond acceptors (Lipinski definition) is 15. The molecule has 1 saturated heterocycles. The molecule has 6 N–H and O–H groups in total. The Morgan fingerprint density at radius 1 is 0.816 bits per heavy atom. The minimum absolute atomic E-state index is 0.0944. The Morgan fingerprint density at radius 2 is 1.45 bits per heavy atom. The summed E-state index contributed by atoms with van der Waals surface area (Å²) in [6, 6.07) is 19.1. The van der Waals surface area contributed by atoms with Gasteiger partial charge >= 0.3 is 17.9 Å². The van der Waals surface area contributed by atoms with Gasteiger partial charge in [-0.3, -0.25) is 4.79 Å². The second kappa shape index (κ2) is 14.9. The molecule has 15 nitrogen and oxygen atoms in total. The number of benzene rings is 3. The van der Waals surface area contributed by atoms with E-state index in [0.29, 0.717) is 0 Å². The maximum absolute atomic E-state index is 13.0. The van der Waals surface area contributed by atoms with Crippen LogP contribution in [-0.2, 0) is 35.1 Å². The number of rotatable bonds is 10. The SMILES string of the molecule is O=C(OC[C@H]1O[C@@H](Oc2ccc(O)cc2COC(=O)C2(O)C(O)C=CC(=O)C2O)[C@H](OC(=O)c2ccccc2)[C@@H](O)[C@@H]1O)c1ccccc1. The lowest BCUT2D eigenvalue weighted by Gasteiger charge is -2.41.